The highest BCUT2D eigenvalue weighted by Crippen LogP contribution is 2.26. The predicted octanol–water partition coefficient (Wildman–Crippen LogP) is 3.15. The van der Waals surface area contributed by atoms with Gasteiger partial charge in [0.1, 0.15) is 0 Å². The molecular weight excluding hydrogens is 232 g/mol. The lowest BCUT2D eigenvalue weighted by atomic mass is 10.3. The first-order chi connectivity index (χ1) is 8.20. The Bertz CT molecular complexity index is 419. The fourth-order valence-electron chi connectivity index (χ4n) is 1.76. The van der Waals surface area contributed by atoms with E-state index in [1.54, 1.807) is 28.6 Å². The average Bonchev–Trinajstić information content (AvgIpc) is 2.39. The van der Waals surface area contributed by atoms with Crippen LogP contribution in [0.25, 0.3) is 0 Å². The summed E-state index contributed by atoms with van der Waals surface area (Å²) < 4.78 is 0. The van der Waals surface area contributed by atoms with Crippen LogP contribution in [0.3, 0.4) is 0 Å². The van der Waals surface area contributed by atoms with E-state index in [-0.39, 0.29) is 6.03 Å². The molecule has 1 heterocycles. The van der Waals surface area contributed by atoms with Crippen LogP contribution in [-0.2, 0) is 0 Å². The van der Waals surface area contributed by atoms with Gasteiger partial charge >= 0.3 is 6.03 Å². The molecule has 90 valence electrons. The lowest BCUT2D eigenvalue weighted by Gasteiger charge is -2.32. The fraction of sp³-hybridized carbons (Fsp3) is 0.308. The van der Waals surface area contributed by atoms with Gasteiger partial charge in [0.05, 0.1) is 5.03 Å². The SMILES string of the molecule is C=C1SCCCN1C(=O)N(C)c1ccccc1. The molecular formula is C13H16N2OS. The van der Waals surface area contributed by atoms with E-state index >= 15 is 0 Å². The van der Waals surface area contributed by atoms with Crippen LogP contribution in [0.5, 0.6) is 0 Å². The van der Waals surface area contributed by atoms with Gasteiger partial charge in [0.15, 0.2) is 0 Å². The van der Waals surface area contributed by atoms with Crippen molar-refractivity contribution in [1.29, 1.82) is 0 Å². The molecule has 0 N–H and O–H groups in total. The number of carbonyl (C=O) groups excluding carboxylic acids is 1. The standard InChI is InChI=1S/C13H16N2OS/c1-11-15(9-6-10-17-11)13(16)14(2)12-7-4-3-5-8-12/h3-5,7-8H,1,6,9-10H2,2H3. The van der Waals surface area contributed by atoms with Gasteiger partial charge in [0, 0.05) is 25.0 Å². The molecule has 4 heteroatoms. The largest absolute Gasteiger partial charge is 0.329 e. The minimum atomic E-state index is -0.00611. The molecule has 0 unspecified atom stereocenters. The minimum absolute atomic E-state index is 0.00611. The number of anilines is 1. The third-order valence-electron chi connectivity index (χ3n) is 2.76. The number of nitrogens with zero attached hydrogens (tertiary/aromatic N) is 2. The molecule has 1 aliphatic rings. The van der Waals surface area contributed by atoms with Crippen LogP contribution in [0.15, 0.2) is 41.9 Å². The molecule has 1 aliphatic heterocycles. The molecule has 0 bridgehead atoms. The summed E-state index contributed by atoms with van der Waals surface area (Å²) in [7, 11) is 1.80. The summed E-state index contributed by atoms with van der Waals surface area (Å²) in [6.07, 6.45) is 1.03. The van der Waals surface area contributed by atoms with Crippen molar-refractivity contribution < 1.29 is 4.79 Å². The third kappa shape index (κ3) is 2.64. The second kappa shape index (κ2) is 5.27. The topological polar surface area (TPSA) is 23.6 Å². The van der Waals surface area contributed by atoms with Crippen molar-refractivity contribution in [3.63, 3.8) is 0 Å². The zero-order valence-electron chi connectivity index (χ0n) is 9.93. The number of hydrogen-bond donors (Lipinski definition) is 0. The summed E-state index contributed by atoms with van der Waals surface area (Å²) in [6.45, 7) is 4.70. The summed E-state index contributed by atoms with van der Waals surface area (Å²) in [5.74, 6) is 1.05. The molecule has 0 aliphatic carbocycles. The van der Waals surface area contributed by atoms with Crippen molar-refractivity contribution in [2.24, 2.45) is 0 Å². The molecule has 0 atom stereocenters. The van der Waals surface area contributed by atoms with Crippen molar-refractivity contribution in [2.45, 2.75) is 6.42 Å². The Morgan fingerprint density at radius 1 is 1.41 bits per heavy atom. The summed E-state index contributed by atoms with van der Waals surface area (Å²) in [5, 5.41) is 0.851. The number of carbonyl (C=O) groups is 1. The van der Waals surface area contributed by atoms with Crippen LogP contribution in [0.4, 0.5) is 10.5 Å². The maximum atomic E-state index is 12.3. The third-order valence-corrected chi connectivity index (χ3v) is 3.80. The van der Waals surface area contributed by atoms with Crippen LogP contribution >= 0.6 is 11.8 Å². The van der Waals surface area contributed by atoms with E-state index in [2.05, 4.69) is 6.58 Å². The summed E-state index contributed by atoms with van der Waals surface area (Å²) >= 11 is 1.65. The van der Waals surface area contributed by atoms with Crippen LogP contribution in [0, 0.1) is 0 Å². The van der Waals surface area contributed by atoms with E-state index in [0.29, 0.717) is 0 Å². The first-order valence-corrected chi connectivity index (χ1v) is 6.60. The van der Waals surface area contributed by atoms with Crippen molar-refractivity contribution in [1.82, 2.24) is 4.90 Å². The van der Waals surface area contributed by atoms with Crippen LogP contribution < -0.4 is 4.90 Å². The Balaban J connectivity index is 2.12. The van der Waals surface area contributed by atoms with Gasteiger partial charge in [-0.2, -0.15) is 0 Å². The molecule has 2 rings (SSSR count). The van der Waals surface area contributed by atoms with Gasteiger partial charge in [-0.3, -0.25) is 9.80 Å². The molecule has 2 amide bonds. The lowest BCUT2D eigenvalue weighted by Crippen LogP contribution is -2.42. The summed E-state index contributed by atoms with van der Waals surface area (Å²) in [4.78, 5) is 15.7. The molecule has 0 radical (unpaired) electrons. The summed E-state index contributed by atoms with van der Waals surface area (Å²) in [6, 6.07) is 9.65. The number of hydrogen-bond acceptors (Lipinski definition) is 2. The van der Waals surface area contributed by atoms with Gasteiger partial charge in [0.2, 0.25) is 0 Å². The molecule has 1 aromatic rings. The zero-order valence-corrected chi connectivity index (χ0v) is 10.7. The molecule has 17 heavy (non-hydrogen) atoms. The number of rotatable bonds is 1. The number of para-hydroxylation sites is 1. The van der Waals surface area contributed by atoms with E-state index in [0.717, 1.165) is 29.4 Å². The van der Waals surface area contributed by atoms with Gasteiger partial charge in [-0.1, -0.05) is 24.8 Å². The van der Waals surface area contributed by atoms with Crippen molar-refractivity contribution >= 4 is 23.5 Å². The number of urea groups is 1. The molecule has 0 aromatic heterocycles. The molecule has 1 fully saturated rings. The molecule has 1 saturated heterocycles. The van der Waals surface area contributed by atoms with Crippen molar-refractivity contribution in [3.8, 4) is 0 Å². The van der Waals surface area contributed by atoms with E-state index in [1.807, 2.05) is 30.3 Å². The molecule has 3 nitrogen and oxygen atoms in total. The highest BCUT2D eigenvalue weighted by Gasteiger charge is 2.24. The minimum Gasteiger partial charge on any atom is -0.297 e. The average molecular weight is 248 g/mol. The lowest BCUT2D eigenvalue weighted by molar-refractivity contribution is 0.221. The molecule has 0 saturated carbocycles. The van der Waals surface area contributed by atoms with Crippen LogP contribution in [-0.4, -0.2) is 30.3 Å². The van der Waals surface area contributed by atoms with E-state index in [1.165, 1.54) is 0 Å². The zero-order chi connectivity index (χ0) is 12.3. The Hall–Kier alpha value is -1.42. The highest BCUT2D eigenvalue weighted by molar-refractivity contribution is 8.03. The Kier molecular flexibility index (Phi) is 3.74. The Morgan fingerprint density at radius 3 is 2.76 bits per heavy atom. The van der Waals surface area contributed by atoms with Gasteiger partial charge in [-0.15, -0.1) is 11.8 Å². The smallest absolute Gasteiger partial charge is 0.297 e. The van der Waals surface area contributed by atoms with E-state index in [4.69, 9.17) is 0 Å². The first-order valence-electron chi connectivity index (χ1n) is 5.62. The van der Waals surface area contributed by atoms with Crippen molar-refractivity contribution in [3.05, 3.63) is 41.9 Å². The van der Waals surface area contributed by atoms with Gasteiger partial charge in [-0.25, -0.2) is 4.79 Å². The quantitative estimate of drug-likeness (QED) is 0.762. The summed E-state index contributed by atoms with van der Waals surface area (Å²) in [5.41, 5.74) is 0.904. The van der Waals surface area contributed by atoms with Gasteiger partial charge in [-0.05, 0) is 18.6 Å². The Labute approximate surface area is 106 Å². The maximum absolute atomic E-state index is 12.3. The molecule has 0 spiro atoms. The van der Waals surface area contributed by atoms with Crippen LogP contribution in [0.2, 0.25) is 0 Å². The monoisotopic (exact) mass is 248 g/mol. The van der Waals surface area contributed by atoms with Crippen molar-refractivity contribution in [2.75, 3.05) is 24.2 Å². The Morgan fingerprint density at radius 2 is 2.12 bits per heavy atom. The maximum Gasteiger partial charge on any atom is 0.329 e. The highest BCUT2D eigenvalue weighted by atomic mass is 32.2. The second-order valence-electron chi connectivity index (χ2n) is 3.92. The predicted molar refractivity (Wildman–Crippen MR) is 73.2 cm³/mol. The van der Waals surface area contributed by atoms with Gasteiger partial charge in [0.25, 0.3) is 0 Å². The van der Waals surface area contributed by atoms with Gasteiger partial charge < -0.3 is 0 Å². The second-order valence-corrected chi connectivity index (χ2v) is 5.09. The fourth-order valence-corrected chi connectivity index (χ4v) is 2.59. The molecule has 1 aromatic carbocycles. The van der Waals surface area contributed by atoms with E-state index < -0.39 is 0 Å². The number of thioether (sulfide) groups is 1. The van der Waals surface area contributed by atoms with E-state index in [9.17, 15) is 4.79 Å². The normalized spacial score (nSPS) is 15.8. The number of amides is 2. The number of benzene rings is 1. The first kappa shape index (κ1) is 12.0. The van der Waals surface area contributed by atoms with Crippen LogP contribution in [0.1, 0.15) is 6.42 Å².